The van der Waals surface area contributed by atoms with Gasteiger partial charge in [-0.15, -0.1) is 0 Å². The molecule has 2 aromatic rings. The van der Waals surface area contributed by atoms with Crippen molar-refractivity contribution >= 4 is 46.8 Å². The number of carbonyl (C=O) groups excluding carboxylic acids is 3. The van der Waals surface area contributed by atoms with Gasteiger partial charge in [-0.3, -0.25) is 19.3 Å². The summed E-state index contributed by atoms with van der Waals surface area (Å²) in [6, 6.07) is 10.5. The monoisotopic (exact) mass is 418 g/mol. The molecule has 3 amide bonds. The van der Waals surface area contributed by atoms with E-state index in [1.165, 1.54) is 18.9 Å². The summed E-state index contributed by atoms with van der Waals surface area (Å²) < 4.78 is 5.26. The van der Waals surface area contributed by atoms with E-state index < -0.39 is 23.8 Å². The number of rotatable bonds is 7. The Bertz CT molecular complexity index is 899. The second kappa shape index (κ2) is 8.67. The number of nitrogens with one attached hydrogen (secondary N) is 1. The molecule has 0 spiro atoms. The van der Waals surface area contributed by atoms with Gasteiger partial charge in [0.25, 0.3) is 11.8 Å². The van der Waals surface area contributed by atoms with Gasteiger partial charge in [0.1, 0.15) is 11.8 Å². The van der Waals surface area contributed by atoms with Crippen LogP contribution in [0.15, 0.2) is 42.5 Å². The number of hydrogen-bond donors (Lipinski definition) is 1. The molecule has 0 aliphatic carbocycles. The highest BCUT2D eigenvalue weighted by atomic mass is 35.5. The largest absolute Gasteiger partial charge is 0.495 e. The lowest BCUT2D eigenvalue weighted by molar-refractivity contribution is -0.120. The number of halogens is 1. The van der Waals surface area contributed by atoms with Gasteiger partial charge in [0.2, 0.25) is 5.91 Å². The van der Waals surface area contributed by atoms with Gasteiger partial charge in [-0.25, -0.2) is 0 Å². The summed E-state index contributed by atoms with van der Waals surface area (Å²) in [5, 5.41) is 3.18. The third kappa shape index (κ3) is 3.86. The van der Waals surface area contributed by atoms with Crippen molar-refractivity contribution in [2.24, 2.45) is 0 Å². The lowest BCUT2D eigenvalue weighted by Crippen LogP contribution is -2.47. The van der Waals surface area contributed by atoms with E-state index in [4.69, 9.17) is 16.3 Å². The van der Waals surface area contributed by atoms with Crippen LogP contribution in [0.25, 0.3) is 0 Å². The molecular weight excluding hydrogens is 400 g/mol. The third-order valence-electron chi connectivity index (χ3n) is 4.45. The molecule has 0 unspecified atom stereocenters. The average Bonchev–Trinajstić information content (AvgIpc) is 2.94. The Morgan fingerprint density at radius 3 is 2.39 bits per heavy atom. The first-order valence-corrected chi connectivity index (χ1v) is 10.4. The number of benzene rings is 2. The smallest absolute Gasteiger partial charge is 0.262 e. The first kappa shape index (κ1) is 20.2. The van der Waals surface area contributed by atoms with Gasteiger partial charge in [0.05, 0.1) is 23.9 Å². The summed E-state index contributed by atoms with van der Waals surface area (Å²) in [6.45, 7) is 0. The van der Waals surface area contributed by atoms with Crippen LogP contribution in [0, 0.1) is 0 Å². The zero-order valence-corrected chi connectivity index (χ0v) is 17.0. The average molecular weight is 419 g/mol. The molecule has 0 bridgehead atoms. The Kier molecular flexibility index (Phi) is 6.26. The topological polar surface area (TPSA) is 75.7 Å². The molecule has 1 aliphatic rings. The number of nitrogens with zero attached hydrogens (tertiary/aromatic N) is 1. The molecule has 1 heterocycles. The van der Waals surface area contributed by atoms with Crippen molar-refractivity contribution in [2.75, 3.05) is 24.4 Å². The lowest BCUT2D eigenvalue weighted by atomic mass is 10.1. The van der Waals surface area contributed by atoms with Crippen LogP contribution in [-0.4, -0.2) is 47.8 Å². The normalized spacial score (nSPS) is 14.0. The molecule has 28 heavy (non-hydrogen) atoms. The van der Waals surface area contributed by atoms with Gasteiger partial charge in [-0.05, 0) is 48.8 Å². The predicted molar refractivity (Wildman–Crippen MR) is 110 cm³/mol. The maximum atomic E-state index is 13.1. The van der Waals surface area contributed by atoms with E-state index in [1.807, 2.05) is 6.26 Å². The molecule has 6 nitrogen and oxygen atoms in total. The molecule has 0 radical (unpaired) electrons. The van der Waals surface area contributed by atoms with Crippen LogP contribution in [0.5, 0.6) is 5.75 Å². The number of anilines is 1. The number of imide groups is 1. The Morgan fingerprint density at radius 1 is 1.18 bits per heavy atom. The molecule has 0 aromatic heterocycles. The number of ether oxygens (including phenoxy) is 1. The zero-order chi connectivity index (χ0) is 20.3. The molecule has 146 valence electrons. The van der Waals surface area contributed by atoms with Gasteiger partial charge in [0, 0.05) is 5.02 Å². The highest BCUT2D eigenvalue weighted by Gasteiger charge is 2.42. The van der Waals surface area contributed by atoms with E-state index in [0.29, 0.717) is 39.8 Å². The summed E-state index contributed by atoms with van der Waals surface area (Å²) in [7, 11) is 1.48. The fraction of sp³-hybridized carbons (Fsp3) is 0.250. The van der Waals surface area contributed by atoms with Gasteiger partial charge in [0.15, 0.2) is 0 Å². The van der Waals surface area contributed by atoms with E-state index in [1.54, 1.807) is 42.5 Å². The fourth-order valence-electron chi connectivity index (χ4n) is 3.09. The van der Waals surface area contributed by atoms with E-state index in [0.717, 1.165) is 4.90 Å². The lowest BCUT2D eigenvalue weighted by Gasteiger charge is -2.25. The third-order valence-corrected chi connectivity index (χ3v) is 5.33. The second-order valence-corrected chi connectivity index (χ2v) is 7.58. The Morgan fingerprint density at radius 2 is 1.82 bits per heavy atom. The first-order chi connectivity index (χ1) is 13.5. The Hall–Kier alpha value is -2.51. The summed E-state index contributed by atoms with van der Waals surface area (Å²) in [4.78, 5) is 39.7. The molecule has 8 heteroatoms. The standard InChI is InChI=1S/C20H19ClN2O4S/c1-27-17-8-7-12(21)11-15(17)22-18(24)16(9-10-28-2)23-19(25)13-5-3-4-6-14(13)20(23)26/h3-8,11,16H,9-10H2,1-2H3,(H,22,24)/t16-/m1/s1. The number of amides is 3. The summed E-state index contributed by atoms with van der Waals surface area (Å²) in [6.07, 6.45) is 2.23. The molecule has 2 aromatic carbocycles. The predicted octanol–water partition coefficient (Wildman–Crippen LogP) is 3.71. The number of methoxy groups -OCH3 is 1. The van der Waals surface area contributed by atoms with E-state index in [2.05, 4.69) is 5.32 Å². The van der Waals surface area contributed by atoms with E-state index in [9.17, 15) is 14.4 Å². The number of carbonyl (C=O) groups is 3. The number of thioether (sulfide) groups is 1. The highest BCUT2D eigenvalue weighted by Crippen LogP contribution is 2.30. The second-order valence-electron chi connectivity index (χ2n) is 6.16. The van der Waals surface area contributed by atoms with Gasteiger partial charge in [-0.2, -0.15) is 11.8 Å². The molecule has 0 saturated heterocycles. The Labute approximate surface area is 172 Å². The number of fused-ring (bicyclic) bond motifs is 1. The molecule has 1 aliphatic heterocycles. The summed E-state index contributed by atoms with van der Waals surface area (Å²) in [5.41, 5.74) is 1.01. The van der Waals surface area contributed by atoms with Gasteiger partial charge in [-0.1, -0.05) is 23.7 Å². The minimum absolute atomic E-state index is 0.315. The van der Waals surface area contributed by atoms with Crippen molar-refractivity contribution < 1.29 is 19.1 Å². The molecular formula is C20H19ClN2O4S. The highest BCUT2D eigenvalue weighted by molar-refractivity contribution is 7.98. The van der Waals surface area contributed by atoms with Crippen LogP contribution in [0.2, 0.25) is 5.02 Å². The van der Waals surface area contributed by atoms with E-state index >= 15 is 0 Å². The minimum Gasteiger partial charge on any atom is -0.495 e. The fourth-order valence-corrected chi connectivity index (χ4v) is 3.72. The van der Waals surface area contributed by atoms with Crippen LogP contribution < -0.4 is 10.1 Å². The maximum Gasteiger partial charge on any atom is 0.262 e. The van der Waals surface area contributed by atoms with Crippen LogP contribution in [0.3, 0.4) is 0 Å². The van der Waals surface area contributed by atoms with Crippen molar-refractivity contribution in [3.8, 4) is 5.75 Å². The zero-order valence-electron chi connectivity index (χ0n) is 15.4. The van der Waals surface area contributed by atoms with Crippen molar-refractivity contribution in [3.05, 3.63) is 58.6 Å². The quantitative estimate of drug-likeness (QED) is 0.694. The van der Waals surface area contributed by atoms with E-state index in [-0.39, 0.29) is 0 Å². The van der Waals surface area contributed by atoms with Crippen LogP contribution in [0.1, 0.15) is 27.1 Å². The summed E-state index contributed by atoms with van der Waals surface area (Å²) in [5.74, 6) is -0.342. The molecule has 1 N–H and O–H groups in total. The first-order valence-electron chi connectivity index (χ1n) is 8.58. The van der Waals surface area contributed by atoms with Crippen LogP contribution in [-0.2, 0) is 4.79 Å². The van der Waals surface area contributed by atoms with Gasteiger partial charge < -0.3 is 10.1 Å². The SMILES string of the molecule is COc1ccc(Cl)cc1NC(=O)[C@@H](CCSC)N1C(=O)c2ccccc2C1=O. The molecule has 0 saturated carbocycles. The number of hydrogen-bond acceptors (Lipinski definition) is 5. The minimum atomic E-state index is -0.941. The Balaban J connectivity index is 1.91. The molecule has 1 atom stereocenters. The van der Waals surface area contributed by atoms with Crippen LogP contribution >= 0.6 is 23.4 Å². The van der Waals surface area contributed by atoms with Crippen molar-refractivity contribution in [1.29, 1.82) is 0 Å². The van der Waals surface area contributed by atoms with Crippen molar-refractivity contribution in [3.63, 3.8) is 0 Å². The molecule has 0 fully saturated rings. The molecule has 3 rings (SSSR count). The van der Waals surface area contributed by atoms with Crippen LogP contribution in [0.4, 0.5) is 5.69 Å². The van der Waals surface area contributed by atoms with Crippen molar-refractivity contribution in [1.82, 2.24) is 4.90 Å². The van der Waals surface area contributed by atoms with Crippen molar-refractivity contribution in [2.45, 2.75) is 12.5 Å². The van der Waals surface area contributed by atoms with Gasteiger partial charge >= 0.3 is 0 Å². The summed E-state index contributed by atoms with van der Waals surface area (Å²) >= 11 is 7.56. The maximum absolute atomic E-state index is 13.1.